The van der Waals surface area contributed by atoms with Gasteiger partial charge < -0.3 is 4.74 Å². The van der Waals surface area contributed by atoms with Crippen molar-refractivity contribution in [2.24, 2.45) is 0 Å². The van der Waals surface area contributed by atoms with Crippen molar-refractivity contribution in [3.63, 3.8) is 0 Å². The molecule has 1 heteroatoms. The molecule has 1 unspecified atom stereocenters. The lowest BCUT2D eigenvalue weighted by molar-refractivity contribution is 0.133. The van der Waals surface area contributed by atoms with Crippen molar-refractivity contribution in [1.82, 2.24) is 0 Å². The quantitative estimate of drug-likeness (QED) is 0.635. The van der Waals surface area contributed by atoms with Crippen molar-refractivity contribution in [2.45, 2.75) is 25.9 Å². The summed E-state index contributed by atoms with van der Waals surface area (Å²) in [5, 5.41) is 0. The Hall–Kier alpha value is -1.24. The first-order valence-electron chi connectivity index (χ1n) is 4.71. The first-order valence-corrected chi connectivity index (χ1v) is 4.71. The summed E-state index contributed by atoms with van der Waals surface area (Å²) in [5.41, 5.74) is 1.06. The Morgan fingerprint density at radius 3 is 2.85 bits per heavy atom. The van der Waals surface area contributed by atoms with E-state index in [0.717, 1.165) is 12.2 Å². The van der Waals surface area contributed by atoms with E-state index in [2.05, 4.69) is 32.1 Å². The Bertz CT molecular complexity index is 341. The van der Waals surface area contributed by atoms with E-state index in [0.29, 0.717) is 0 Å². The summed E-state index contributed by atoms with van der Waals surface area (Å²) >= 11 is 0. The molecule has 0 aromatic heterocycles. The highest BCUT2D eigenvalue weighted by molar-refractivity contribution is 5.60. The predicted octanol–water partition coefficient (Wildman–Crippen LogP) is 3.26. The fraction of sp³-hybridized carbons (Fsp3) is 0.333. The van der Waals surface area contributed by atoms with Crippen LogP contribution < -0.4 is 4.74 Å². The van der Waals surface area contributed by atoms with Crippen LogP contribution in [0.1, 0.15) is 25.8 Å². The fourth-order valence-electron chi connectivity index (χ4n) is 1.45. The summed E-state index contributed by atoms with van der Waals surface area (Å²) in [6, 6.07) is 8.13. The molecule has 2 rings (SSSR count). The normalized spacial score (nSPS) is 25.1. The maximum atomic E-state index is 5.88. The molecule has 0 radical (unpaired) electrons. The third-order valence-corrected chi connectivity index (χ3v) is 2.58. The summed E-state index contributed by atoms with van der Waals surface area (Å²) in [6.07, 6.45) is 5.27. The SMILES string of the molecule is CCC1(C)C=Cc2ccccc2O1. The Labute approximate surface area is 79.0 Å². The van der Waals surface area contributed by atoms with Gasteiger partial charge in [0.1, 0.15) is 11.4 Å². The van der Waals surface area contributed by atoms with E-state index in [9.17, 15) is 0 Å². The molecule has 0 N–H and O–H groups in total. The first-order chi connectivity index (χ1) is 6.23. The summed E-state index contributed by atoms with van der Waals surface area (Å²) in [7, 11) is 0. The summed E-state index contributed by atoms with van der Waals surface area (Å²) < 4.78 is 5.88. The lowest BCUT2D eigenvalue weighted by Gasteiger charge is -2.30. The van der Waals surface area contributed by atoms with E-state index in [-0.39, 0.29) is 5.60 Å². The molecule has 1 aromatic carbocycles. The van der Waals surface area contributed by atoms with Gasteiger partial charge in [-0.1, -0.05) is 31.2 Å². The summed E-state index contributed by atoms with van der Waals surface area (Å²) in [5.74, 6) is 0.995. The van der Waals surface area contributed by atoms with Gasteiger partial charge in [-0.15, -0.1) is 0 Å². The monoisotopic (exact) mass is 174 g/mol. The van der Waals surface area contributed by atoms with E-state index in [1.807, 2.05) is 18.2 Å². The summed E-state index contributed by atoms with van der Waals surface area (Å²) in [6.45, 7) is 4.25. The van der Waals surface area contributed by atoms with E-state index in [4.69, 9.17) is 4.74 Å². The van der Waals surface area contributed by atoms with Crippen LogP contribution in [-0.2, 0) is 0 Å². The number of fused-ring (bicyclic) bond motifs is 1. The molecular formula is C12H14O. The van der Waals surface area contributed by atoms with Crippen molar-refractivity contribution >= 4 is 6.08 Å². The molecule has 1 aliphatic heterocycles. The minimum absolute atomic E-state index is 0.117. The Morgan fingerprint density at radius 1 is 1.31 bits per heavy atom. The van der Waals surface area contributed by atoms with E-state index in [1.54, 1.807) is 0 Å². The first kappa shape index (κ1) is 8.36. The molecule has 0 bridgehead atoms. The van der Waals surface area contributed by atoms with Gasteiger partial charge in [-0.2, -0.15) is 0 Å². The molecule has 0 fully saturated rings. The third kappa shape index (κ3) is 1.46. The van der Waals surface area contributed by atoms with Crippen molar-refractivity contribution in [3.05, 3.63) is 35.9 Å². The second-order valence-electron chi connectivity index (χ2n) is 3.64. The average molecular weight is 174 g/mol. The van der Waals surface area contributed by atoms with Crippen LogP contribution in [0, 0.1) is 0 Å². The number of ether oxygens (including phenoxy) is 1. The van der Waals surface area contributed by atoms with Crippen LogP contribution >= 0.6 is 0 Å². The van der Waals surface area contributed by atoms with Gasteiger partial charge in [-0.05, 0) is 25.5 Å². The van der Waals surface area contributed by atoms with Gasteiger partial charge in [0, 0.05) is 5.56 Å². The topological polar surface area (TPSA) is 9.23 Å². The van der Waals surface area contributed by atoms with Crippen LogP contribution in [0.4, 0.5) is 0 Å². The number of rotatable bonds is 1. The van der Waals surface area contributed by atoms with Crippen molar-refractivity contribution in [2.75, 3.05) is 0 Å². The molecule has 68 valence electrons. The maximum absolute atomic E-state index is 5.88. The maximum Gasteiger partial charge on any atom is 0.127 e. The van der Waals surface area contributed by atoms with Crippen molar-refractivity contribution < 1.29 is 4.74 Å². The fourth-order valence-corrected chi connectivity index (χ4v) is 1.45. The number of hydrogen-bond donors (Lipinski definition) is 0. The van der Waals surface area contributed by atoms with Gasteiger partial charge in [0.25, 0.3) is 0 Å². The van der Waals surface area contributed by atoms with Crippen molar-refractivity contribution in [1.29, 1.82) is 0 Å². The zero-order valence-corrected chi connectivity index (χ0v) is 8.08. The molecule has 13 heavy (non-hydrogen) atoms. The highest BCUT2D eigenvalue weighted by atomic mass is 16.5. The molecular weight excluding hydrogens is 160 g/mol. The molecule has 0 saturated carbocycles. The van der Waals surface area contributed by atoms with Crippen LogP contribution in [0.2, 0.25) is 0 Å². The standard InChI is InChI=1S/C12H14O/c1-3-12(2)9-8-10-6-4-5-7-11(10)13-12/h4-9H,3H2,1-2H3. The molecule has 0 spiro atoms. The highest BCUT2D eigenvalue weighted by Crippen LogP contribution is 2.31. The predicted molar refractivity (Wildman–Crippen MR) is 54.8 cm³/mol. The molecule has 0 saturated heterocycles. The van der Waals surface area contributed by atoms with Gasteiger partial charge in [0.15, 0.2) is 0 Å². The van der Waals surface area contributed by atoms with E-state index < -0.39 is 0 Å². The third-order valence-electron chi connectivity index (χ3n) is 2.58. The van der Waals surface area contributed by atoms with E-state index in [1.165, 1.54) is 5.56 Å². The molecule has 1 aliphatic rings. The smallest absolute Gasteiger partial charge is 0.127 e. The Kier molecular flexibility index (Phi) is 1.87. The minimum atomic E-state index is -0.117. The van der Waals surface area contributed by atoms with E-state index >= 15 is 0 Å². The zero-order valence-electron chi connectivity index (χ0n) is 8.08. The second kappa shape index (κ2) is 2.91. The second-order valence-corrected chi connectivity index (χ2v) is 3.64. The van der Waals surface area contributed by atoms with Crippen molar-refractivity contribution in [3.8, 4) is 5.75 Å². The molecule has 0 amide bonds. The van der Waals surface area contributed by atoms with Crippen LogP contribution in [0.15, 0.2) is 30.3 Å². The van der Waals surface area contributed by atoms with Crippen LogP contribution in [0.3, 0.4) is 0 Å². The zero-order chi connectivity index (χ0) is 9.31. The molecule has 0 aliphatic carbocycles. The van der Waals surface area contributed by atoms with Gasteiger partial charge in [0.05, 0.1) is 0 Å². The Morgan fingerprint density at radius 2 is 2.08 bits per heavy atom. The summed E-state index contributed by atoms with van der Waals surface area (Å²) in [4.78, 5) is 0. The number of benzene rings is 1. The van der Waals surface area contributed by atoms with Crippen LogP contribution in [-0.4, -0.2) is 5.60 Å². The highest BCUT2D eigenvalue weighted by Gasteiger charge is 2.24. The van der Waals surface area contributed by atoms with Crippen LogP contribution in [0.5, 0.6) is 5.75 Å². The lowest BCUT2D eigenvalue weighted by atomic mass is 9.98. The molecule has 1 atom stereocenters. The lowest BCUT2D eigenvalue weighted by Crippen LogP contribution is -2.30. The van der Waals surface area contributed by atoms with Gasteiger partial charge in [-0.3, -0.25) is 0 Å². The van der Waals surface area contributed by atoms with Gasteiger partial charge >= 0.3 is 0 Å². The number of hydrogen-bond acceptors (Lipinski definition) is 1. The minimum Gasteiger partial charge on any atom is -0.483 e. The van der Waals surface area contributed by atoms with Gasteiger partial charge in [-0.25, -0.2) is 0 Å². The number of para-hydroxylation sites is 1. The molecule has 1 aromatic rings. The van der Waals surface area contributed by atoms with Crippen LogP contribution in [0.25, 0.3) is 6.08 Å². The van der Waals surface area contributed by atoms with Gasteiger partial charge in [0.2, 0.25) is 0 Å². The largest absolute Gasteiger partial charge is 0.483 e. The Balaban J connectivity index is 2.39. The average Bonchev–Trinajstić information content (AvgIpc) is 2.18. The molecule has 1 heterocycles. The molecule has 1 nitrogen and oxygen atoms in total.